The van der Waals surface area contributed by atoms with Gasteiger partial charge in [-0.25, -0.2) is 12.6 Å². The van der Waals surface area contributed by atoms with Crippen molar-refractivity contribution in [1.29, 1.82) is 0 Å². The van der Waals surface area contributed by atoms with E-state index in [1.165, 1.54) is 24.3 Å². The number of sulfonamides is 1. The van der Waals surface area contributed by atoms with E-state index in [4.69, 9.17) is 4.55 Å². The molecule has 0 saturated heterocycles. The van der Waals surface area contributed by atoms with Crippen molar-refractivity contribution in [3.63, 3.8) is 0 Å². The maximum atomic E-state index is 11.9. The summed E-state index contributed by atoms with van der Waals surface area (Å²) in [5.41, 5.74) is 0.575. The van der Waals surface area contributed by atoms with E-state index in [0.29, 0.717) is 5.56 Å². The quantitative estimate of drug-likeness (QED) is 0.641. The van der Waals surface area contributed by atoms with Crippen LogP contribution < -0.4 is 0 Å². The Balaban J connectivity index is 3.29. The molecule has 1 unspecified atom stereocenters. The molecule has 0 fully saturated rings. The molecule has 0 aliphatic heterocycles. The fourth-order valence-electron chi connectivity index (χ4n) is 1.13. The van der Waals surface area contributed by atoms with Crippen molar-refractivity contribution in [2.24, 2.45) is 0 Å². The average molecular weight is 277 g/mol. The van der Waals surface area contributed by atoms with Crippen LogP contribution in [-0.2, 0) is 26.1 Å². The Hall–Kier alpha value is -1.06. The zero-order valence-electron chi connectivity index (χ0n) is 8.94. The second-order valence-electron chi connectivity index (χ2n) is 2.89. The summed E-state index contributed by atoms with van der Waals surface area (Å²) in [6.45, 7) is 3.51. The van der Waals surface area contributed by atoms with Crippen molar-refractivity contribution in [1.82, 2.24) is 3.87 Å². The van der Waals surface area contributed by atoms with Crippen LogP contribution in [0.1, 0.15) is 5.56 Å². The number of rotatable bonds is 5. The van der Waals surface area contributed by atoms with E-state index in [-0.39, 0.29) is 8.77 Å². The van der Waals surface area contributed by atoms with E-state index >= 15 is 0 Å². The van der Waals surface area contributed by atoms with Crippen molar-refractivity contribution < 1.29 is 22.0 Å². The van der Waals surface area contributed by atoms with E-state index in [0.717, 1.165) is 7.11 Å². The highest BCUT2D eigenvalue weighted by atomic mass is 32.3. The molecule has 0 spiro atoms. The lowest BCUT2D eigenvalue weighted by atomic mass is 10.2. The molecule has 1 aromatic rings. The third-order valence-corrected chi connectivity index (χ3v) is 4.63. The van der Waals surface area contributed by atoms with Gasteiger partial charge in [-0.15, -0.1) is 0 Å². The van der Waals surface area contributed by atoms with Gasteiger partial charge in [-0.05, 0) is 17.7 Å². The molecular weight excluding hydrogens is 266 g/mol. The van der Waals surface area contributed by atoms with Crippen LogP contribution in [0.15, 0.2) is 35.7 Å². The molecule has 8 heteroatoms. The van der Waals surface area contributed by atoms with Crippen molar-refractivity contribution >= 4 is 27.4 Å². The van der Waals surface area contributed by atoms with Crippen LogP contribution in [0.5, 0.6) is 0 Å². The van der Waals surface area contributed by atoms with E-state index in [2.05, 4.69) is 11.4 Å². The Labute approximate surface area is 102 Å². The molecule has 0 aliphatic carbocycles. The van der Waals surface area contributed by atoms with Crippen molar-refractivity contribution in [3.05, 3.63) is 36.4 Å². The predicted octanol–water partition coefficient (Wildman–Crippen LogP) is 1.02. The van der Waals surface area contributed by atoms with Gasteiger partial charge in [-0.2, -0.15) is 0 Å². The molecule has 0 heterocycles. The molecule has 0 aromatic heterocycles. The molecule has 0 bridgehead atoms. The molecular formula is C9H11NO5S2. The molecule has 0 amide bonds. The van der Waals surface area contributed by atoms with Crippen molar-refractivity contribution in [3.8, 4) is 0 Å². The van der Waals surface area contributed by atoms with E-state index in [1.807, 2.05) is 0 Å². The monoisotopic (exact) mass is 277 g/mol. The van der Waals surface area contributed by atoms with Crippen LogP contribution in [0, 0.1) is 0 Å². The van der Waals surface area contributed by atoms with Gasteiger partial charge in [0.25, 0.3) is 21.3 Å². The second kappa shape index (κ2) is 5.52. The fraction of sp³-hybridized carbons (Fsp3) is 0.111. The van der Waals surface area contributed by atoms with Crippen molar-refractivity contribution in [2.75, 3.05) is 7.11 Å². The zero-order chi connectivity index (χ0) is 13.1. The summed E-state index contributed by atoms with van der Waals surface area (Å²) in [6.07, 6.45) is 1.46. The first-order chi connectivity index (χ1) is 7.93. The molecule has 1 aromatic carbocycles. The molecule has 1 atom stereocenters. The van der Waals surface area contributed by atoms with E-state index < -0.39 is 21.3 Å². The largest absolute Gasteiger partial charge is 0.291 e. The van der Waals surface area contributed by atoms with Gasteiger partial charge < -0.3 is 0 Å². The highest BCUT2D eigenvalue weighted by molar-refractivity contribution is 7.99. The molecule has 1 rings (SSSR count). The van der Waals surface area contributed by atoms with Gasteiger partial charge in [0.2, 0.25) is 0 Å². The minimum absolute atomic E-state index is 0.00913. The first-order valence-electron chi connectivity index (χ1n) is 4.36. The summed E-state index contributed by atoms with van der Waals surface area (Å²) in [6, 6.07) is 5.76. The second-order valence-corrected chi connectivity index (χ2v) is 5.67. The first kappa shape index (κ1) is 14.0. The number of hydrogen-bond donors (Lipinski definition) is 1. The fourth-order valence-corrected chi connectivity index (χ4v) is 3.10. The highest BCUT2D eigenvalue weighted by Gasteiger charge is 2.29. The van der Waals surface area contributed by atoms with Gasteiger partial charge in [0, 0.05) is 3.87 Å². The molecule has 0 saturated carbocycles. The van der Waals surface area contributed by atoms with Gasteiger partial charge in [-0.3, -0.25) is 9.39 Å². The summed E-state index contributed by atoms with van der Waals surface area (Å²) in [7, 11) is -3.18. The Bertz CT molecular complexity index is 540. The Kier molecular flexibility index (Phi) is 4.54. The maximum absolute atomic E-state index is 11.9. The third kappa shape index (κ3) is 2.99. The SMILES string of the molecule is C=Cc1cccc(S(=O)(=O)N(OC)S(=O)O)c1. The highest BCUT2D eigenvalue weighted by Crippen LogP contribution is 2.18. The van der Waals surface area contributed by atoms with Crippen LogP contribution in [-0.4, -0.2) is 28.2 Å². The number of nitrogens with zero attached hydrogens (tertiary/aromatic N) is 1. The molecule has 17 heavy (non-hydrogen) atoms. The number of hydrogen-bond acceptors (Lipinski definition) is 4. The van der Waals surface area contributed by atoms with Gasteiger partial charge in [-0.1, -0.05) is 24.8 Å². The normalized spacial score (nSPS) is 13.6. The Morgan fingerprint density at radius 3 is 2.65 bits per heavy atom. The smallest absolute Gasteiger partial charge is 0.279 e. The molecule has 6 nitrogen and oxygen atoms in total. The lowest BCUT2D eigenvalue weighted by molar-refractivity contribution is 0.0277. The van der Waals surface area contributed by atoms with Crippen LogP contribution in [0.25, 0.3) is 6.08 Å². The average Bonchev–Trinajstić information content (AvgIpc) is 2.29. The summed E-state index contributed by atoms with van der Waals surface area (Å²) < 4.78 is 43.4. The molecule has 0 aliphatic rings. The van der Waals surface area contributed by atoms with Crippen LogP contribution in [0.2, 0.25) is 0 Å². The summed E-state index contributed by atoms with van der Waals surface area (Å²) in [4.78, 5) is 4.22. The van der Waals surface area contributed by atoms with Gasteiger partial charge >= 0.3 is 0 Å². The molecule has 0 radical (unpaired) electrons. The standard InChI is InChI=1S/C9H11NO5S2/c1-3-8-5-4-6-9(7-8)17(13,14)10(15-2)16(11)12/h3-7H,1H2,2H3,(H,11,12). The van der Waals surface area contributed by atoms with Crippen molar-refractivity contribution in [2.45, 2.75) is 4.90 Å². The topological polar surface area (TPSA) is 83.9 Å². The maximum Gasteiger partial charge on any atom is 0.279 e. The minimum atomic E-state index is -4.17. The summed E-state index contributed by atoms with van der Waals surface area (Å²) in [5.74, 6) is 0. The van der Waals surface area contributed by atoms with E-state index in [9.17, 15) is 12.6 Å². The van der Waals surface area contributed by atoms with Gasteiger partial charge in [0.15, 0.2) is 0 Å². The Morgan fingerprint density at radius 2 is 2.18 bits per heavy atom. The van der Waals surface area contributed by atoms with E-state index in [1.54, 1.807) is 6.07 Å². The first-order valence-corrected chi connectivity index (χ1v) is 6.86. The van der Waals surface area contributed by atoms with Crippen LogP contribution in [0.4, 0.5) is 0 Å². The molecule has 1 N–H and O–H groups in total. The van der Waals surface area contributed by atoms with Crippen LogP contribution in [0.3, 0.4) is 0 Å². The zero-order valence-corrected chi connectivity index (χ0v) is 10.6. The summed E-state index contributed by atoms with van der Waals surface area (Å²) >= 11 is -2.78. The Morgan fingerprint density at radius 1 is 1.53 bits per heavy atom. The molecule has 94 valence electrons. The lowest BCUT2D eigenvalue weighted by Gasteiger charge is -2.14. The van der Waals surface area contributed by atoms with Gasteiger partial charge in [0.05, 0.1) is 12.0 Å². The summed E-state index contributed by atoms with van der Waals surface area (Å²) in [5, 5.41) is 0. The van der Waals surface area contributed by atoms with Crippen LogP contribution >= 0.6 is 0 Å². The predicted molar refractivity (Wildman–Crippen MR) is 63.3 cm³/mol. The third-order valence-electron chi connectivity index (χ3n) is 1.86. The van der Waals surface area contributed by atoms with Gasteiger partial charge in [0.1, 0.15) is 0 Å². The minimum Gasteiger partial charge on any atom is -0.291 e. The lowest BCUT2D eigenvalue weighted by Crippen LogP contribution is -2.31. The number of benzene rings is 1.